The summed E-state index contributed by atoms with van der Waals surface area (Å²) in [5.74, 6) is 1.75. The monoisotopic (exact) mass is 429 g/mol. The molecule has 0 N–H and O–H groups in total. The topological polar surface area (TPSA) is 37.2 Å². The zero-order chi connectivity index (χ0) is 21.6. The Balaban J connectivity index is 1.27. The largest absolute Gasteiger partial charge is 0.304 e. The van der Waals surface area contributed by atoms with Crippen molar-refractivity contribution in [3.8, 4) is 5.82 Å². The zero-order valence-corrected chi connectivity index (χ0v) is 19.0. The molecule has 0 spiro atoms. The average Bonchev–Trinajstić information content (AvgIpc) is 3.53. The summed E-state index contributed by atoms with van der Waals surface area (Å²) in [6.45, 7) is 5.55. The lowest BCUT2D eigenvalue weighted by molar-refractivity contribution is 0.106. The van der Waals surface area contributed by atoms with Crippen LogP contribution in [-0.2, 0) is 13.1 Å². The highest BCUT2D eigenvalue weighted by Gasteiger charge is 2.28. The van der Waals surface area contributed by atoms with E-state index >= 15 is 0 Å². The van der Waals surface area contributed by atoms with Gasteiger partial charge in [0.2, 0.25) is 0 Å². The van der Waals surface area contributed by atoms with Crippen molar-refractivity contribution in [1.82, 2.24) is 24.3 Å². The molecule has 0 aromatic carbocycles. The predicted octanol–water partition coefficient (Wildman–Crippen LogP) is 4.92. The maximum Gasteiger partial charge on any atom is 0.136 e. The van der Waals surface area contributed by atoms with E-state index in [9.17, 15) is 0 Å². The molecular weight excluding hydrogens is 394 g/mol. The first-order valence-electron chi connectivity index (χ1n) is 12.3. The summed E-state index contributed by atoms with van der Waals surface area (Å²) in [7, 11) is 0. The fraction of sp³-hybridized carbons (Fsp3) is 0.481. The molecule has 1 aliphatic carbocycles. The fourth-order valence-electron chi connectivity index (χ4n) is 5.56. The fourth-order valence-corrected chi connectivity index (χ4v) is 5.56. The molecule has 0 amide bonds. The molecule has 4 heterocycles. The van der Waals surface area contributed by atoms with Crippen molar-refractivity contribution in [3.63, 3.8) is 0 Å². The third-order valence-electron chi connectivity index (χ3n) is 7.25. The van der Waals surface area contributed by atoms with Gasteiger partial charge in [-0.1, -0.05) is 25.0 Å². The van der Waals surface area contributed by atoms with Gasteiger partial charge >= 0.3 is 0 Å². The Morgan fingerprint density at radius 3 is 2.50 bits per heavy atom. The maximum absolute atomic E-state index is 4.56. The van der Waals surface area contributed by atoms with Crippen LogP contribution in [-0.4, -0.2) is 50.0 Å². The van der Waals surface area contributed by atoms with Crippen molar-refractivity contribution in [2.75, 3.05) is 19.6 Å². The minimum absolute atomic E-state index is 0.766. The molecule has 5 heteroatoms. The molecule has 1 aliphatic heterocycles. The summed E-state index contributed by atoms with van der Waals surface area (Å²) in [6, 6.07) is 15.6. The molecule has 0 unspecified atom stereocenters. The van der Waals surface area contributed by atoms with Crippen LogP contribution >= 0.6 is 0 Å². The van der Waals surface area contributed by atoms with Crippen molar-refractivity contribution in [2.24, 2.45) is 5.92 Å². The van der Waals surface area contributed by atoms with E-state index in [0.717, 1.165) is 37.4 Å². The Kier molecular flexibility index (Phi) is 6.95. The summed E-state index contributed by atoms with van der Waals surface area (Å²) in [6.07, 6.45) is 16.2. The Morgan fingerprint density at radius 1 is 0.875 bits per heavy atom. The molecule has 1 saturated heterocycles. The van der Waals surface area contributed by atoms with Crippen LogP contribution in [0.25, 0.3) is 5.82 Å². The lowest BCUT2D eigenvalue weighted by Gasteiger charge is -2.38. The van der Waals surface area contributed by atoms with Gasteiger partial charge in [0.05, 0.1) is 0 Å². The van der Waals surface area contributed by atoms with E-state index in [2.05, 4.69) is 60.9 Å². The normalized spacial score (nSPS) is 18.5. The van der Waals surface area contributed by atoms with Gasteiger partial charge in [-0.3, -0.25) is 9.88 Å². The quantitative estimate of drug-likeness (QED) is 0.509. The molecule has 5 nitrogen and oxygen atoms in total. The smallest absolute Gasteiger partial charge is 0.136 e. The summed E-state index contributed by atoms with van der Waals surface area (Å²) in [4.78, 5) is 14.3. The number of aromatic nitrogens is 3. The Labute approximate surface area is 192 Å². The lowest BCUT2D eigenvalue weighted by Crippen LogP contribution is -2.42. The second kappa shape index (κ2) is 10.4. The molecule has 3 aromatic heterocycles. The number of rotatable bonds is 8. The summed E-state index contributed by atoms with van der Waals surface area (Å²) in [5.41, 5.74) is 2.57. The number of pyridine rings is 2. The highest BCUT2D eigenvalue weighted by molar-refractivity contribution is 5.27. The van der Waals surface area contributed by atoms with Crippen molar-refractivity contribution in [1.29, 1.82) is 0 Å². The van der Waals surface area contributed by atoms with Crippen LogP contribution in [0, 0.1) is 5.92 Å². The van der Waals surface area contributed by atoms with Crippen LogP contribution in [0.5, 0.6) is 0 Å². The van der Waals surface area contributed by atoms with Gasteiger partial charge in [-0.15, -0.1) is 0 Å². The van der Waals surface area contributed by atoms with Gasteiger partial charge < -0.3 is 9.47 Å². The number of nitrogens with zero attached hydrogens (tertiary/aromatic N) is 5. The second-order valence-corrected chi connectivity index (χ2v) is 9.51. The first kappa shape index (κ1) is 21.4. The van der Waals surface area contributed by atoms with Crippen LogP contribution in [0.1, 0.15) is 49.8 Å². The van der Waals surface area contributed by atoms with Crippen LogP contribution in [0.2, 0.25) is 0 Å². The third kappa shape index (κ3) is 5.28. The molecule has 0 bridgehead atoms. The zero-order valence-electron chi connectivity index (χ0n) is 19.0. The highest BCUT2D eigenvalue weighted by atomic mass is 15.2. The highest BCUT2D eigenvalue weighted by Crippen LogP contribution is 2.28. The second-order valence-electron chi connectivity index (χ2n) is 9.51. The van der Waals surface area contributed by atoms with Crippen LogP contribution in [0.4, 0.5) is 0 Å². The minimum Gasteiger partial charge on any atom is -0.304 e. The van der Waals surface area contributed by atoms with Crippen LogP contribution in [0.15, 0.2) is 67.3 Å². The lowest BCUT2D eigenvalue weighted by atomic mass is 9.94. The Morgan fingerprint density at radius 2 is 1.75 bits per heavy atom. The van der Waals surface area contributed by atoms with Gasteiger partial charge in [-0.25, -0.2) is 4.98 Å². The molecule has 1 saturated carbocycles. The molecular formula is C27H35N5. The molecule has 32 heavy (non-hydrogen) atoms. The van der Waals surface area contributed by atoms with Gasteiger partial charge in [0.15, 0.2) is 0 Å². The van der Waals surface area contributed by atoms with E-state index in [4.69, 9.17) is 0 Å². The van der Waals surface area contributed by atoms with E-state index in [1.807, 2.05) is 30.7 Å². The van der Waals surface area contributed by atoms with E-state index in [0.29, 0.717) is 0 Å². The third-order valence-corrected chi connectivity index (χ3v) is 7.25. The van der Waals surface area contributed by atoms with E-state index < -0.39 is 0 Å². The van der Waals surface area contributed by atoms with E-state index in [-0.39, 0.29) is 0 Å². The first-order valence-corrected chi connectivity index (χ1v) is 12.3. The predicted molar refractivity (Wildman–Crippen MR) is 128 cm³/mol. The van der Waals surface area contributed by atoms with Gasteiger partial charge in [0.1, 0.15) is 5.82 Å². The van der Waals surface area contributed by atoms with Crippen molar-refractivity contribution in [3.05, 3.63) is 78.5 Å². The van der Waals surface area contributed by atoms with Gasteiger partial charge in [0, 0.05) is 56.2 Å². The van der Waals surface area contributed by atoms with E-state index in [1.54, 1.807) is 0 Å². The van der Waals surface area contributed by atoms with Crippen LogP contribution in [0.3, 0.4) is 0 Å². The van der Waals surface area contributed by atoms with Gasteiger partial charge in [0.25, 0.3) is 0 Å². The summed E-state index contributed by atoms with van der Waals surface area (Å²) in [5, 5.41) is 0. The van der Waals surface area contributed by atoms with Crippen LogP contribution < -0.4 is 0 Å². The van der Waals surface area contributed by atoms with E-state index in [1.165, 1.54) is 62.9 Å². The summed E-state index contributed by atoms with van der Waals surface area (Å²) < 4.78 is 2.22. The number of piperidine rings is 1. The Hall–Kier alpha value is -2.50. The SMILES string of the molecule is c1ccc(-n2cccc2CN(Cc2cccnc2)CC2CCN(C3CCCC3)CC2)nc1. The van der Waals surface area contributed by atoms with Crippen molar-refractivity contribution in [2.45, 2.75) is 57.7 Å². The molecule has 5 rings (SSSR count). The average molecular weight is 430 g/mol. The number of hydrogen-bond donors (Lipinski definition) is 0. The minimum atomic E-state index is 0.766. The molecule has 168 valence electrons. The number of likely N-dealkylation sites (tertiary alicyclic amines) is 1. The van der Waals surface area contributed by atoms with Crippen molar-refractivity contribution >= 4 is 0 Å². The van der Waals surface area contributed by atoms with Crippen molar-refractivity contribution < 1.29 is 0 Å². The maximum atomic E-state index is 4.56. The molecule has 0 radical (unpaired) electrons. The number of hydrogen-bond acceptors (Lipinski definition) is 4. The summed E-state index contributed by atoms with van der Waals surface area (Å²) >= 11 is 0. The Bertz CT molecular complexity index is 940. The first-order chi connectivity index (χ1) is 15.8. The molecule has 3 aromatic rings. The van der Waals surface area contributed by atoms with Gasteiger partial charge in [-0.2, -0.15) is 0 Å². The molecule has 0 atom stereocenters. The molecule has 2 aliphatic rings. The standard InChI is InChI=1S/C27H35N5/c1-2-9-25(8-1)31-17-12-23(13-18-31)20-30(21-24-7-5-14-28-19-24)22-26-10-6-16-32(26)27-11-3-4-15-29-27/h3-7,10-11,14-16,19,23,25H,1-2,8-9,12-13,17-18,20-22H2. The molecule has 2 fully saturated rings. The van der Waals surface area contributed by atoms with Gasteiger partial charge in [-0.05, 0) is 80.6 Å².